The summed E-state index contributed by atoms with van der Waals surface area (Å²) in [7, 11) is 0. The van der Waals surface area contributed by atoms with Crippen LogP contribution in [-0.2, 0) is 4.74 Å². The first kappa shape index (κ1) is 13.4. The van der Waals surface area contributed by atoms with Crippen LogP contribution in [0.4, 0.5) is 0 Å². The fourth-order valence-corrected chi connectivity index (χ4v) is 3.84. The Morgan fingerprint density at radius 1 is 1.12 bits per heavy atom. The summed E-state index contributed by atoms with van der Waals surface area (Å²) >= 11 is 0. The second-order valence-corrected chi connectivity index (χ2v) is 6.07. The molecule has 3 unspecified atom stereocenters. The highest BCUT2D eigenvalue weighted by atomic mass is 16.5. The van der Waals surface area contributed by atoms with E-state index in [0.717, 1.165) is 43.6 Å². The minimum absolute atomic E-state index is 0.756. The molecule has 0 spiro atoms. The van der Waals surface area contributed by atoms with Crippen LogP contribution in [0, 0.1) is 17.8 Å². The maximum absolute atomic E-state index is 5.51. The van der Waals surface area contributed by atoms with Gasteiger partial charge in [-0.1, -0.05) is 26.7 Å². The van der Waals surface area contributed by atoms with Crippen molar-refractivity contribution in [3.63, 3.8) is 0 Å². The van der Waals surface area contributed by atoms with Gasteiger partial charge in [0.05, 0.1) is 0 Å². The van der Waals surface area contributed by atoms with E-state index in [9.17, 15) is 0 Å². The molecule has 0 bridgehead atoms. The molecule has 0 aromatic carbocycles. The zero-order valence-corrected chi connectivity index (χ0v) is 11.6. The van der Waals surface area contributed by atoms with Crippen molar-refractivity contribution in [3.8, 4) is 0 Å². The van der Waals surface area contributed by atoms with E-state index >= 15 is 0 Å². The lowest BCUT2D eigenvalue weighted by molar-refractivity contribution is 0.0382. The quantitative estimate of drug-likeness (QED) is 0.813. The molecule has 1 aliphatic carbocycles. The normalized spacial score (nSPS) is 33.5. The van der Waals surface area contributed by atoms with Crippen molar-refractivity contribution < 1.29 is 4.74 Å². The van der Waals surface area contributed by atoms with E-state index in [1.54, 1.807) is 0 Å². The van der Waals surface area contributed by atoms with Gasteiger partial charge in [0.2, 0.25) is 0 Å². The van der Waals surface area contributed by atoms with E-state index < -0.39 is 0 Å². The SMILES string of the molecule is CCNC(C1CCOCC1)C1CCCC(C)C1. The molecule has 2 rings (SSSR count). The molecule has 1 N–H and O–H groups in total. The van der Waals surface area contributed by atoms with Gasteiger partial charge in [-0.15, -0.1) is 0 Å². The number of ether oxygens (including phenoxy) is 1. The van der Waals surface area contributed by atoms with Crippen molar-refractivity contribution in [2.75, 3.05) is 19.8 Å². The molecule has 0 aromatic rings. The van der Waals surface area contributed by atoms with Crippen LogP contribution in [0.1, 0.15) is 52.4 Å². The summed E-state index contributed by atoms with van der Waals surface area (Å²) < 4.78 is 5.51. The Kier molecular flexibility index (Phi) is 5.30. The van der Waals surface area contributed by atoms with Gasteiger partial charge in [-0.2, -0.15) is 0 Å². The van der Waals surface area contributed by atoms with Crippen LogP contribution < -0.4 is 5.32 Å². The minimum atomic E-state index is 0.756. The van der Waals surface area contributed by atoms with Gasteiger partial charge in [-0.05, 0) is 50.0 Å². The average molecular weight is 239 g/mol. The maximum atomic E-state index is 5.51. The minimum Gasteiger partial charge on any atom is -0.381 e. The second-order valence-electron chi connectivity index (χ2n) is 6.07. The van der Waals surface area contributed by atoms with Gasteiger partial charge in [-0.3, -0.25) is 0 Å². The Morgan fingerprint density at radius 3 is 2.53 bits per heavy atom. The third-order valence-electron chi connectivity index (χ3n) is 4.70. The summed E-state index contributed by atoms with van der Waals surface area (Å²) in [4.78, 5) is 0. The van der Waals surface area contributed by atoms with Crippen molar-refractivity contribution in [2.45, 2.75) is 58.4 Å². The number of rotatable bonds is 4. The molecule has 2 fully saturated rings. The number of hydrogen-bond acceptors (Lipinski definition) is 2. The van der Waals surface area contributed by atoms with E-state index in [4.69, 9.17) is 4.74 Å². The summed E-state index contributed by atoms with van der Waals surface area (Å²) in [5.74, 6) is 2.72. The van der Waals surface area contributed by atoms with Crippen molar-refractivity contribution in [2.24, 2.45) is 17.8 Å². The highest BCUT2D eigenvalue weighted by Crippen LogP contribution is 2.35. The van der Waals surface area contributed by atoms with E-state index in [1.165, 1.54) is 38.5 Å². The van der Waals surface area contributed by atoms with Crippen molar-refractivity contribution in [3.05, 3.63) is 0 Å². The molecular formula is C15H29NO. The fraction of sp³-hybridized carbons (Fsp3) is 1.00. The Hall–Kier alpha value is -0.0800. The Bertz CT molecular complexity index is 213. The lowest BCUT2D eigenvalue weighted by Crippen LogP contribution is -2.45. The van der Waals surface area contributed by atoms with Gasteiger partial charge in [0.1, 0.15) is 0 Å². The Labute approximate surface area is 107 Å². The summed E-state index contributed by atoms with van der Waals surface area (Å²) in [6.45, 7) is 7.76. The van der Waals surface area contributed by atoms with Crippen LogP contribution in [-0.4, -0.2) is 25.8 Å². The van der Waals surface area contributed by atoms with Crippen LogP contribution >= 0.6 is 0 Å². The molecule has 0 amide bonds. The van der Waals surface area contributed by atoms with E-state index in [0.29, 0.717) is 0 Å². The van der Waals surface area contributed by atoms with Crippen LogP contribution in [0.3, 0.4) is 0 Å². The van der Waals surface area contributed by atoms with Crippen molar-refractivity contribution >= 4 is 0 Å². The van der Waals surface area contributed by atoms with Crippen LogP contribution in [0.5, 0.6) is 0 Å². The predicted octanol–water partition coefficient (Wildman–Crippen LogP) is 3.22. The molecule has 2 nitrogen and oxygen atoms in total. The van der Waals surface area contributed by atoms with E-state index in [-0.39, 0.29) is 0 Å². The summed E-state index contributed by atoms with van der Waals surface area (Å²) in [6, 6.07) is 0.756. The fourth-order valence-electron chi connectivity index (χ4n) is 3.84. The molecule has 1 heterocycles. The average Bonchev–Trinajstić information content (AvgIpc) is 2.37. The number of nitrogens with one attached hydrogen (secondary N) is 1. The van der Waals surface area contributed by atoms with Gasteiger partial charge in [-0.25, -0.2) is 0 Å². The highest BCUT2D eigenvalue weighted by molar-refractivity contribution is 4.87. The Balaban J connectivity index is 1.94. The van der Waals surface area contributed by atoms with Gasteiger partial charge in [0.25, 0.3) is 0 Å². The summed E-state index contributed by atoms with van der Waals surface area (Å²) in [5.41, 5.74) is 0. The molecule has 1 aliphatic heterocycles. The second kappa shape index (κ2) is 6.75. The van der Waals surface area contributed by atoms with Gasteiger partial charge in [0.15, 0.2) is 0 Å². The van der Waals surface area contributed by atoms with Crippen LogP contribution in [0.2, 0.25) is 0 Å². The predicted molar refractivity (Wildman–Crippen MR) is 72.1 cm³/mol. The van der Waals surface area contributed by atoms with Gasteiger partial charge < -0.3 is 10.1 Å². The zero-order chi connectivity index (χ0) is 12.1. The third-order valence-corrected chi connectivity index (χ3v) is 4.70. The topological polar surface area (TPSA) is 21.3 Å². The summed E-state index contributed by atoms with van der Waals surface area (Å²) in [6.07, 6.45) is 8.31. The smallest absolute Gasteiger partial charge is 0.0469 e. The summed E-state index contributed by atoms with van der Waals surface area (Å²) in [5, 5.41) is 3.79. The molecule has 1 saturated carbocycles. The van der Waals surface area contributed by atoms with E-state index in [1.807, 2.05) is 0 Å². The molecule has 0 radical (unpaired) electrons. The monoisotopic (exact) mass is 239 g/mol. The number of hydrogen-bond donors (Lipinski definition) is 1. The molecular weight excluding hydrogens is 210 g/mol. The van der Waals surface area contributed by atoms with E-state index in [2.05, 4.69) is 19.2 Å². The first-order chi connectivity index (χ1) is 8.31. The highest BCUT2D eigenvalue weighted by Gasteiger charge is 2.32. The lowest BCUT2D eigenvalue weighted by Gasteiger charge is -2.39. The molecule has 3 atom stereocenters. The van der Waals surface area contributed by atoms with Crippen LogP contribution in [0.15, 0.2) is 0 Å². The van der Waals surface area contributed by atoms with Gasteiger partial charge >= 0.3 is 0 Å². The molecule has 2 aliphatic rings. The van der Waals surface area contributed by atoms with Crippen molar-refractivity contribution in [1.82, 2.24) is 5.32 Å². The molecule has 1 saturated heterocycles. The van der Waals surface area contributed by atoms with Crippen molar-refractivity contribution in [1.29, 1.82) is 0 Å². The standard InChI is InChI=1S/C15H29NO/c1-3-16-15(13-7-9-17-10-8-13)14-6-4-5-12(2)11-14/h12-16H,3-11H2,1-2H3. The molecule has 0 aromatic heterocycles. The largest absolute Gasteiger partial charge is 0.381 e. The van der Waals surface area contributed by atoms with Crippen LogP contribution in [0.25, 0.3) is 0 Å². The third kappa shape index (κ3) is 3.69. The molecule has 17 heavy (non-hydrogen) atoms. The zero-order valence-electron chi connectivity index (χ0n) is 11.6. The molecule has 2 heteroatoms. The Morgan fingerprint density at radius 2 is 1.88 bits per heavy atom. The lowest BCUT2D eigenvalue weighted by atomic mass is 9.73. The maximum Gasteiger partial charge on any atom is 0.0469 e. The first-order valence-electron chi connectivity index (χ1n) is 7.62. The molecule has 100 valence electrons. The first-order valence-corrected chi connectivity index (χ1v) is 7.62. The van der Waals surface area contributed by atoms with Gasteiger partial charge in [0, 0.05) is 19.3 Å².